The molecule has 0 bridgehead atoms. The van der Waals surface area contributed by atoms with E-state index in [4.69, 9.17) is 5.73 Å². The van der Waals surface area contributed by atoms with E-state index in [9.17, 15) is 0 Å². The van der Waals surface area contributed by atoms with Crippen LogP contribution in [0.15, 0.2) is 64.4 Å². The van der Waals surface area contributed by atoms with E-state index in [2.05, 4.69) is 59.9 Å². The molecule has 1 aliphatic rings. The molecule has 3 rings (SSSR count). The normalized spacial score (nSPS) is 14.8. The van der Waals surface area contributed by atoms with Crippen LogP contribution in [0.2, 0.25) is 0 Å². The van der Waals surface area contributed by atoms with E-state index in [0.717, 1.165) is 19.5 Å². The van der Waals surface area contributed by atoms with Crippen molar-refractivity contribution >= 4 is 17.3 Å². The Morgan fingerprint density at radius 1 is 1.05 bits per heavy atom. The molecule has 0 saturated carbocycles. The van der Waals surface area contributed by atoms with Crippen LogP contribution in [0, 0.1) is 0 Å². The molecule has 3 N–H and O–H groups in total. The van der Waals surface area contributed by atoms with Crippen LogP contribution in [0.1, 0.15) is 17.5 Å². The highest BCUT2D eigenvalue weighted by atomic mass is 32.2. The summed E-state index contributed by atoms with van der Waals surface area (Å²) < 4.78 is 0. The lowest BCUT2D eigenvalue weighted by Crippen LogP contribution is -2.20. The van der Waals surface area contributed by atoms with Crippen molar-refractivity contribution in [2.75, 3.05) is 13.1 Å². The zero-order chi connectivity index (χ0) is 14.5. The van der Waals surface area contributed by atoms with Crippen molar-refractivity contribution in [2.45, 2.75) is 22.8 Å². The molecule has 0 amide bonds. The summed E-state index contributed by atoms with van der Waals surface area (Å²) in [5, 5.41) is 3.37. The first-order chi connectivity index (χ1) is 10.4. The van der Waals surface area contributed by atoms with Crippen molar-refractivity contribution in [1.82, 2.24) is 5.32 Å². The Bertz CT molecular complexity index is 632. The summed E-state index contributed by atoms with van der Waals surface area (Å²) in [6.45, 7) is 2.64. The Hall–Kier alpha value is -1.55. The molecule has 0 saturated heterocycles. The fourth-order valence-corrected chi connectivity index (χ4v) is 3.49. The zero-order valence-electron chi connectivity index (χ0n) is 12.0. The number of rotatable bonds is 4. The maximum Gasteiger partial charge on any atom is 0.0197 e. The molecule has 0 fully saturated rings. The van der Waals surface area contributed by atoms with Gasteiger partial charge in [0.15, 0.2) is 0 Å². The lowest BCUT2D eigenvalue weighted by molar-refractivity contribution is 0.737. The van der Waals surface area contributed by atoms with Crippen LogP contribution >= 0.6 is 11.8 Å². The lowest BCUT2D eigenvalue weighted by Gasteiger charge is -2.17. The number of nitrogens with one attached hydrogen (secondary N) is 1. The summed E-state index contributed by atoms with van der Waals surface area (Å²) in [4.78, 5) is 2.58. The molecule has 0 radical (unpaired) electrons. The first-order valence-corrected chi connectivity index (χ1v) is 8.14. The third-order valence-electron chi connectivity index (χ3n) is 3.68. The van der Waals surface area contributed by atoms with E-state index < -0.39 is 0 Å². The summed E-state index contributed by atoms with van der Waals surface area (Å²) in [6, 6.07) is 17.2. The van der Waals surface area contributed by atoms with Gasteiger partial charge in [-0.05, 0) is 47.9 Å². The number of nitrogens with two attached hydrogens (primary N) is 1. The SMILES string of the molecule is NCc1ccc(Sc2ccccc2C2=CCNCC2)cc1. The molecule has 0 aliphatic carbocycles. The smallest absolute Gasteiger partial charge is 0.0197 e. The van der Waals surface area contributed by atoms with Crippen LogP contribution in [-0.4, -0.2) is 13.1 Å². The van der Waals surface area contributed by atoms with Gasteiger partial charge in [-0.3, -0.25) is 0 Å². The Kier molecular flexibility index (Phi) is 4.76. The van der Waals surface area contributed by atoms with Gasteiger partial charge in [0.05, 0.1) is 0 Å². The van der Waals surface area contributed by atoms with Gasteiger partial charge in [-0.25, -0.2) is 0 Å². The van der Waals surface area contributed by atoms with Gasteiger partial charge in [0.2, 0.25) is 0 Å². The highest BCUT2D eigenvalue weighted by Crippen LogP contribution is 2.35. The first kappa shape index (κ1) is 14.4. The minimum atomic E-state index is 0.599. The van der Waals surface area contributed by atoms with Gasteiger partial charge >= 0.3 is 0 Å². The highest BCUT2D eigenvalue weighted by molar-refractivity contribution is 7.99. The van der Waals surface area contributed by atoms with Gasteiger partial charge in [0, 0.05) is 22.9 Å². The molecular weight excluding hydrogens is 276 g/mol. The molecule has 1 heterocycles. The van der Waals surface area contributed by atoms with E-state index in [0.29, 0.717) is 6.54 Å². The summed E-state index contributed by atoms with van der Waals surface area (Å²) in [7, 11) is 0. The van der Waals surface area contributed by atoms with Crippen molar-refractivity contribution in [3.05, 3.63) is 65.7 Å². The van der Waals surface area contributed by atoms with E-state index in [1.54, 1.807) is 0 Å². The van der Waals surface area contributed by atoms with Crippen LogP contribution < -0.4 is 11.1 Å². The zero-order valence-corrected chi connectivity index (χ0v) is 12.8. The molecule has 0 spiro atoms. The second kappa shape index (κ2) is 6.94. The van der Waals surface area contributed by atoms with E-state index in [-0.39, 0.29) is 0 Å². The van der Waals surface area contributed by atoms with Gasteiger partial charge in [-0.1, -0.05) is 48.2 Å². The second-order valence-electron chi connectivity index (χ2n) is 5.13. The van der Waals surface area contributed by atoms with Gasteiger partial charge in [0.1, 0.15) is 0 Å². The third-order valence-corrected chi connectivity index (χ3v) is 4.77. The monoisotopic (exact) mass is 296 g/mol. The summed E-state index contributed by atoms with van der Waals surface area (Å²) in [5.74, 6) is 0. The molecule has 108 valence electrons. The first-order valence-electron chi connectivity index (χ1n) is 7.33. The van der Waals surface area contributed by atoms with Gasteiger partial charge in [0.25, 0.3) is 0 Å². The third kappa shape index (κ3) is 3.56. The minimum Gasteiger partial charge on any atom is -0.326 e. The Morgan fingerprint density at radius 3 is 2.57 bits per heavy atom. The van der Waals surface area contributed by atoms with Crippen molar-refractivity contribution in [2.24, 2.45) is 5.73 Å². The maximum absolute atomic E-state index is 5.65. The molecule has 3 heteroatoms. The van der Waals surface area contributed by atoms with E-state index >= 15 is 0 Å². The Balaban J connectivity index is 1.86. The molecule has 2 nitrogen and oxygen atoms in total. The molecule has 1 aliphatic heterocycles. The highest BCUT2D eigenvalue weighted by Gasteiger charge is 2.10. The molecule has 0 atom stereocenters. The molecule has 2 aromatic carbocycles. The number of hydrogen-bond donors (Lipinski definition) is 2. The average molecular weight is 296 g/mol. The van der Waals surface area contributed by atoms with Crippen molar-refractivity contribution in [3.63, 3.8) is 0 Å². The summed E-state index contributed by atoms with van der Waals surface area (Å²) in [6.07, 6.45) is 3.41. The lowest BCUT2D eigenvalue weighted by atomic mass is 10.0. The maximum atomic E-state index is 5.65. The van der Waals surface area contributed by atoms with Crippen LogP contribution in [0.4, 0.5) is 0 Å². The van der Waals surface area contributed by atoms with E-state index in [1.165, 1.54) is 26.5 Å². The summed E-state index contributed by atoms with van der Waals surface area (Å²) in [5.41, 5.74) is 9.65. The average Bonchev–Trinajstić information content (AvgIpc) is 2.57. The van der Waals surface area contributed by atoms with Gasteiger partial charge in [-0.15, -0.1) is 0 Å². The summed E-state index contributed by atoms with van der Waals surface area (Å²) >= 11 is 1.83. The quantitative estimate of drug-likeness (QED) is 0.904. The number of hydrogen-bond acceptors (Lipinski definition) is 3. The Morgan fingerprint density at radius 2 is 1.86 bits per heavy atom. The second-order valence-corrected chi connectivity index (χ2v) is 6.25. The van der Waals surface area contributed by atoms with E-state index in [1.807, 2.05) is 11.8 Å². The number of benzene rings is 2. The molecular formula is C18H20N2S. The van der Waals surface area contributed by atoms with Crippen molar-refractivity contribution in [3.8, 4) is 0 Å². The van der Waals surface area contributed by atoms with Gasteiger partial charge in [-0.2, -0.15) is 0 Å². The van der Waals surface area contributed by atoms with Crippen molar-refractivity contribution in [1.29, 1.82) is 0 Å². The molecule has 0 aromatic heterocycles. The molecule has 0 unspecified atom stereocenters. The van der Waals surface area contributed by atoms with Crippen LogP contribution in [0.5, 0.6) is 0 Å². The standard InChI is InChI=1S/C18H20N2S/c19-13-14-5-7-16(8-6-14)21-18-4-2-1-3-17(18)15-9-11-20-12-10-15/h1-9,20H,10-13,19H2. The Labute approximate surface area is 130 Å². The molecule has 21 heavy (non-hydrogen) atoms. The largest absolute Gasteiger partial charge is 0.326 e. The van der Waals surface area contributed by atoms with Crippen LogP contribution in [0.3, 0.4) is 0 Å². The van der Waals surface area contributed by atoms with Gasteiger partial charge < -0.3 is 11.1 Å². The fraction of sp³-hybridized carbons (Fsp3) is 0.222. The minimum absolute atomic E-state index is 0.599. The van der Waals surface area contributed by atoms with Crippen LogP contribution in [0.25, 0.3) is 5.57 Å². The predicted molar refractivity (Wildman–Crippen MR) is 90.4 cm³/mol. The van der Waals surface area contributed by atoms with Crippen LogP contribution in [-0.2, 0) is 6.54 Å². The predicted octanol–water partition coefficient (Wildman–Crippen LogP) is 3.67. The fourth-order valence-electron chi connectivity index (χ4n) is 2.51. The molecule has 2 aromatic rings. The van der Waals surface area contributed by atoms with Crippen molar-refractivity contribution < 1.29 is 0 Å². The topological polar surface area (TPSA) is 38.0 Å².